The zero-order valence-electron chi connectivity index (χ0n) is 13.7. The first-order chi connectivity index (χ1) is 12.6. The Balaban J connectivity index is 1.57. The van der Waals surface area contributed by atoms with Crippen LogP contribution in [-0.2, 0) is 0 Å². The molecule has 0 saturated carbocycles. The van der Waals surface area contributed by atoms with Gasteiger partial charge in [-0.1, -0.05) is 23.7 Å². The van der Waals surface area contributed by atoms with Crippen molar-refractivity contribution in [2.45, 2.75) is 0 Å². The fourth-order valence-corrected chi connectivity index (χ4v) is 3.38. The SMILES string of the molecule is CN(C(=O)Nc1ccc2nc(-c3cscn3)[nH]c2c1)c1ccccc1Cl. The Morgan fingerprint density at radius 3 is 2.88 bits per heavy atom. The maximum Gasteiger partial charge on any atom is 0.326 e. The van der Waals surface area contributed by atoms with E-state index in [1.165, 1.54) is 16.2 Å². The lowest BCUT2D eigenvalue weighted by Gasteiger charge is -2.19. The van der Waals surface area contributed by atoms with Crippen molar-refractivity contribution >= 4 is 51.4 Å². The average molecular weight is 384 g/mol. The number of H-pyrrole nitrogens is 1. The molecule has 2 heterocycles. The summed E-state index contributed by atoms with van der Waals surface area (Å²) in [5.74, 6) is 0.706. The molecule has 4 aromatic rings. The van der Waals surface area contributed by atoms with Crippen LogP contribution >= 0.6 is 22.9 Å². The Bertz CT molecular complexity index is 1080. The van der Waals surface area contributed by atoms with E-state index in [1.54, 1.807) is 24.7 Å². The van der Waals surface area contributed by atoms with Gasteiger partial charge in [-0.2, -0.15) is 0 Å². The summed E-state index contributed by atoms with van der Waals surface area (Å²) >= 11 is 7.67. The minimum atomic E-state index is -0.281. The van der Waals surface area contributed by atoms with Crippen LogP contribution in [0.2, 0.25) is 5.02 Å². The van der Waals surface area contributed by atoms with Gasteiger partial charge in [0.1, 0.15) is 5.69 Å². The van der Waals surface area contributed by atoms with Gasteiger partial charge in [-0.3, -0.25) is 4.90 Å². The maximum atomic E-state index is 12.5. The minimum absolute atomic E-state index is 0.281. The third-order valence-corrected chi connectivity index (χ3v) is 4.83. The Hall–Kier alpha value is -2.90. The molecule has 2 amide bonds. The van der Waals surface area contributed by atoms with Crippen LogP contribution in [0.25, 0.3) is 22.6 Å². The number of anilines is 2. The van der Waals surface area contributed by atoms with Gasteiger partial charge in [0.05, 0.1) is 27.3 Å². The van der Waals surface area contributed by atoms with E-state index in [0.29, 0.717) is 22.2 Å². The molecule has 2 N–H and O–H groups in total. The summed E-state index contributed by atoms with van der Waals surface area (Å²) in [7, 11) is 1.67. The molecule has 26 heavy (non-hydrogen) atoms. The molecular weight excluding hydrogens is 370 g/mol. The zero-order chi connectivity index (χ0) is 18.1. The summed E-state index contributed by atoms with van der Waals surface area (Å²) in [5, 5.41) is 5.32. The van der Waals surface area contributed by atoms with Gasteiger partial charge >= 0.3 is 6.03 Å². The Morgan fingerprint density at radius 2 is 2.12 bits per heavy atom. The summed E-state index contributed by atoms with van der Waals surface area (Å²) < 4.78 is 0. The molecule has 0 unspecified atom stereocenters. The molecule has 6 nitrogen and oxygen atoms in total. The number of urea groups is 1. The highest BCUT2D eigenvalue weighted by atomic mass is 35.5. The molecule has 0 aliphatic carbocycles. The summed E-state index contributed by atoms with van der Waals surface area (Å²) in [6.45, 7) is 0. The van der Waals surface area contributed by atoms with Crippen molar-refractivity contribution in [2.75, 3.05) is 17.3 Å². The topological polar surface area (TPSA) is 73.9 Å². The van der Waals surface area contributed by atoms with Gasteiger partial charge in [0.25, 0.3) is 0 Å². The number of aromatic nitrogens is 3. The smallest absolute Gasteiger partial charge is 0.326 e. The van der Waals surface area contributed by atoms with Crippen LogP contribution in [0, 0.1) is 0 Å². The Labute approximate surface area is 158 Å². The van der Waals surface area contributed by atoms with Crippen LogP contribution in [-0.4, -0.2) is 28.0 Å². The number of halogens is 1. The van der Waals surface area contributed by atoms with Crippen molar-refractivity contribution in [1.82, 2.24) is 15.0 Å². The minimum Gasteiger partial charge on any atom is -0.337 e. The maximum absolute atomic E-state index is 12.5. The zero-order valence-corrected chi connectivity index (χ0v) is 15.3. The highest BCUT2D eigenvalue weighted by Gasteiger charge is 2.14. The number of aromatic amines is 1. The van der Waals surface area contributed by atoms with E-state index < -0.39 is 0 Å². The number of benzene rings is 2. The number of thiazole rings is 1. The fraction of sp³-hybridized carbons (Fsp3) is 0.0556. The van der Waals surface area contributed by atoms with Gasteiger partial charge in [-0.25, -0.2) is 14.8 Å². The largest absolute Gasteiger partial charge is 0.337 e. The second-order valence-electron chi connectivity index (χ2n) is 5.63. The average Bonchev–Trinajstić information content (AvgIpc) is 3.30. The van der Waals surface area contributed by atoms with E-state index in [4.69, 9.17) is 11.6 Å². The molecule has 0 radical (unpaired) electrons. The molecule has 0 spiro atoms. The van der Waals surface area contributed by atoms with E-state index in [0.717, 1.165) is 16.7 Å². The second-order valence-corrected chi connectivity index (χ2v) is 6.76. The van der Waals surface area contributed by atoms with E-state index in [2.05, 4.69) is 20.3 Å². The van der Waals surface area contributed by atoms with Crippen molar-refractivity contribution in [3.8, 4) is 11.5 Å². The number of para-hydroxylation sites is 1. The van der Waals surface area contributed by atoms with Crippen molar-refractivity contribution in [3.63, 3.8) is 0 Å². The van der Waals surface area contributed by atoms with E-state index >= 15 is 0 Å². The standard InChI is InChI=1S/C18H14ClN5OS/c1-24(16-5-3-2-4-12(16)19)18(25)21-11-6-7-13-14(8-11)23-17(22-13)15-9-26-10-20-15/h2-10H,1H3,(H,21,25)(H,22,23). The van der Waals surface area contributed by atoms with Crippen molar-refractivity contribution < 1.29 is 4.79 Å². The molecule has 0 atom stereocenters. The third-order valence-electron chi connectivity index (χ3n) is 3.93. The molecule has 0 fully saturated rings. The number of hydrogen-bond acceptors (Lipinski definition) is 4. The normalized spacial score (nSPS) is 10.8. The molecule has 2 aromatic heterocycles. The highest BCUT2D eigenvalue weighted by Crippen LogP contribution is 2.26. The number of imidazole rings is 1. The van der Waals surface area contributed by atoms with Crippen molar-refractivity contribution in [3.05, 3.63) is 58.4 Å². The van der Waals surface area contributed by atoms with Crippen molar-refractivity contribution in [1.29, 1.82) is 0 Å². The van der Waals surface area contributed by atoms with Crippen LogP contribution in [0.3, 0.4) is 0 Å². The Kier molecular flexibility index (Phi) is 4.32. The molecule has 0 saturated heterocycles. The molecule has 8 heteroatoms. The predicted octanol–water partition coefficient (Wildman–Crippen LogP) is 5.01. The van der Waals surface area contributed by atoms with Gasteiger partial charge in [-0.05, 0) is 30.3 Å². The van der Waals surface area contributed by atoms with Crippen LogP contribution in [0.5, 0.6) is 0 Å². The number of fused-ring (bicyclic) bond motifs is 1. The quantitative estimate of drug-likeness (QED) is 0.522. The molecule has 4 rings (SSSR count). The van der Waals surface area contributed by atoms with Crippen LogP contribution in [0.15, 0.2) is 53.4 Å². The lowest BCUT2D eigenvalue weighted by atomic mass is 10.2. The first-order valence-electron chi connectivity index (χ1n) is 7.79. The number of carbonyl (C=O) groups is 1. The van der Waals surface area contributed by atoms with E-state index in [-0.39, 0.29) is 6.03 Å². The van der Waals surface area contributed by atoms with Gasteiger partial charge in [0.2, 0.25) is 0 Å². The summed E-state index contributed by atoms with van der Waals surface area (Å²) in [4.78, 5) is 26.0. The van der Waals surface area contributed by atoms with Gasteiger partial charge in [0, 0.05) is 18.1 Å². The number of amides is 2. The summed E-state index contributed by atoms with van der Waals surface area (Å²) in [5.41, 5.74) is 5.50. The van der Waals surface area contributed by atoms with Gasteiger partial charge in [0.15, 0.2) is 5.82 Å². The van der Waals surface area contributed by atoms with Crippen molar-refractivity contribution in [2.24, 2.45) is 0 Å². The number of rotatable bonds is 3. The fourth-order valence-electron chi connectivity index (χ4n) is 2.58. The van der Waals surface area contributed by atoms with Crippen LogP contribution in [0.1, 0.15) is 0 Å². The predicted molar refractivity (Wildman–Crippen MR) is 106 cm³/mol. The monoisotopic (exact) mass is 383 g/mol. The van der Waals surface area contributed by atoms with E-state index in [9.17, 15) is 4.79 Å². The number of nitrogens with one attached hydrogen (secondary N) is 2. The number of nitrogens with zero attached hydrogens (tertiary/aromatic N) is 3. The second kappa shape index (κ2) is 6.78. The molecule has 2 aromatic carbocycles. The van der Waals surface area contributed by atoms with Gasteiger partial charge < -0.3 is 10.3 Å². The number of carbonyl (C=O) groups excluding carboxylic acids is 1. The summed E-state index contributed by atoms with van der Waals surface area (Å²) in [6, 6.07) is 12.4. The van der Waals surface area contributed by atoms with Crippen LogP contribution in [0.4, 0.5) is 16.2 Å². The lowest BCUT2D eigenvalue weighted by Crippen LogP contribution is -2.31. The van der Waals surface area contributed by atoms with E-state index in [1.807, 2.05) is 35.7 Å². The molecule has 0 aliphatic rings. The molecule has 0 bridgehead atoms. The molecule has 0 aliphatic heterocycles. The highest BCUT2D eigenvalue weighted by molar-refractivity contribution is 7.07. The van der Waals surface area contributed by atoms with Crippen LogP contribution < -0.4 is 10.2 Å². The summed E-state index contributed by atoms with van der Waals surface area (Å²) in [6.07, 6.45) is 0. The number of hydrogen-bond donors (Lipinski definition) is 2. The first kappa shape index (κ1) is 16.6. The molecular formula is C18H14ClN5OS. The Morgan fingerprint density at radius 1 is 1.27 bits per heavy atom. The first-order valence-corrected chi connectivity index (χ1v) is 9.11. The molecule has 130 valence electrons. The third kappa shape index (κ3) is 3.14. The lowest BCUT2D eigenvalue weighted by molar-refractivity contribution is 0.258. The van der Waals surface area contributed by atoms with Gasteiger partial charge in [-0.15, -0.1) is 11.3 Å².